The molecule has 1 fully saturated rings. The molecule has 0 bridgehead atoms. The quantitative estimate of drug-likeness (QED) is 0.691. The minimum atomic E-state index is -0.306. The molecule has 2 heterocycles. The smallest absolute Gasteiger partial charge is 0.276 e. The Morgan fingerprint density at radius 1 is 1.06 bits per heavy atom. The van der Waals surface area contributed by atoms with Crippen LogP contribution in [0.2, 0.25) is 0 Å². The Labute approximate surface area is 179 Å². The summed E-state index contributed by atoms with van der Waals surface area (Å²) in [7, 11) is 0. The van der Waals surface area contributed by atoms with E-state index in [2.05, 4.69) is 10.4 Å². The van der Waals surface area contributed by atoms with Crippen molar-refractivity contribution in [3.63, 3.8) is 0 Å². The van der Waals surface area contributed by atoms with Gasteiger partial charge in [0.15, 0.2) is 5.69 Å². The Morgan fingerprint density at radius 2 is 1.87 bits per heavy atom. The molecule has 1 N–H and O–H groups in total. The van der Waals surface area contributed by atoms with Crippen molar-refractivity contribution >= 4 is 23.2 Å². The minimum absolute atomic E-state index is 0.141. The number of fused-ring (bicyclic) bond motifs is 1. The zero-order chi connectivity index (χ0) is 21.5. The van der Waals surface area contributed by atoms with Gasteiger partial charge in [0.1, 0.15) is 5.82 Å². The number of aryl methyl sites for hydroxylation is 1. The predicted octanol–water partition coefficient (Wildman–Crippen LogP) is 4.19. The van der Waals surface area contributed by atoms with Gasteiger partial charge in [0.05, 0.1) is 5.69 Å². The molecule has 0 saturated carbocycles. The number of benzene rings is 2. The number of carbonyl (C=O) groups excluding carboxylic acids is 2. The Bertz CT molecular complexity index is 1180. The molecular formula is C24H23FN4O2. The van der Waals surface area contributed by atoms with Gasteiger partial charge < -0.3 is 10.2 Å². The van der Waals surface area contributed by atoms with Crippen molar-refractivity contribution in [1.29, 1.82) is 0 Å². The third kappa shape index (κ3) is 3.50. The molecule has 158 valence electrons. The van der Waals surface area contributed by atoms with Gasteiger partial charge in [-0.15, -0.1) is 0 Å². The molecule has 7 heteroatoms. The number of nitrogens with zero attached hydrogens (tertiary/aromatic N) is 3. The molecule has 2 amide bonds. The van der Waals surface area contributed by atoms with Crippen LogP contribution in [-0.4, -0.2) is 28.1 Å². The first-order valence-corrected chi connectivity index (χ1v) is 10.6. The summed E-state index contributed by atoms with van der Waals surface area (Å²) in [6.45, 7) is 2.68. The van der Waals surface area contributed by atoms with Gasteiger partial charge in [0, 0.05) is 35.6 Å². The number of rotatable bonds is 4. The number of halogens is 1. The standard InChI is InChI=1S/C24H23FN4O2/c1-15-14-17(9-12-20(15)28-13-3-6-22(28)30)26-24(31)23-19-4-2-5-21(19)29(27-23)18-10-7-16(25)8-11-18/h7-12,14H,2-6,13H2,1H3,(H,26,31). The highest BCUT2D eigenvalue weighted by Gasteiger charge is 2.27. The van der Waals surface area contributed by atoms with E-state index in [1.807, 2.05) is 25.1 Å². The minimum Gasteiger partial charge on any atom is -0.321 e. The van der Waals surface area contributed by atoms with E-state index in [9.17, 15) is 14.0 Å². The number of aromatic nitrogens is 2. The fraction of sp³-hybridized carbons (Fsp3) is 0.292. The zero-order valence-electron chi connectivity index (χ0n) is 17.3. The van der Waals surface area contributed by atoms with Crippen LogP contribution in [0.15, 0.2) is 42.5 Å². The van der Waals surface area contributed by atoms with Crippen LogP contribution in [0.5, 0.6) is 0 Å². The van der Waals surface area contributed by atoms with Gasteiger partial charge in [0.2, 0.25) is 5.91 Å². The number of carbonyl (C=O) groups is 2. The monoisotopic (exact) mass is 418 g/mol. The van der Waals surface area contributed by atoms with Crippen LogP contribution in [0.4, 0.5) is 15.8 Å². The van der Waals surface area contributed by atoms with Crippen LogP contribution in [-0.2, 0) is 17.6 Å². The average Bonchev–Trinajstić information content (AvgIpc) is 3.46. The van der Waals surface area contributed by atoms with Crippen LogP contribution in [0, 0.1) is 12.7 Å². The average molecular weight is 418 g/mol. The molecule has 0 atom stereocenters. The number of nitrogens with one attached hydrogen (secondary N) is 1. The summed E-state index contributed by atoms with van der Waals surface area (Å²) < 4.78 is 15.1. The van der Waals surface area contributed by atoms with Gasteiger partial charge in [-0.3, -0.25) is 9.59 Å². The molecule has 1 aromatic heterocycles. The highest BCUT2D eigenvalue weighted by molar-refractivity contribution is 6.04. The number of hydrogen-bond donors (Lipinski definition) is 1. The van der Waals surface area contributed by atoms with Gasteiger partial charge in [0.25, 0.3) is 5.91 Å². The van der Waals surface area contributed by atoms with Crippen molar-refractivity contribution in [2.75, 3.05) is 16.8 Å². The lowest BCUT2D eigenvalue weighted by molar-refractivity contribution is -0.117. The maximum atomic E-state index is 13.3. The van der Waals surface area contributed by atoms with Crippen LogP contribution in [0.3, 0.4) is 0 Å². The molecule has 1 aliphatic heterocycles. The summed E-state index contributed by atoms with van der Waals surface area (Å²) >= 11 is 0. The molecule has 2 aliphatic rings. The van der Waals surface area contributed by atoms with E-state index in [0.29, 0.717) is 17.8 Å². The van der Waals surface area contributed by atoms with Gasteiger partial charge in [-0.25, -0.2) is 9.07 Å². The molecule has 1 saturated heterocycles. The highest BCUT2D eigenvalue weighted by Crippen LogP contribution is 2.30. The van der Waals surface area contributed by atoms with E-state index in [4.69, 9.17) is 0 Å². The molecule has 6 nitrogen and oxygen atoms in total. The fourth-order valence-electron chi connectivity index (χ4n) is 4.54. The third-order valence-corrected chi connectivity index (χ3v) is 6.04. The zero-order valence-corrected chi connectivity index (χ0v) is 17.3. The largest absolute Gasteiger partial charge is 0.321 e. The topological polar surface area (TPSA) is 67.2 Å². The van der Waals surface area contributed by atoms with Gasteiger partial charge in [-0.2, -0.15) is 5.10 Å². The van der Waals surface area contributed by atoms with Crippen LogP contribution >= 0.6 is 0 Å². The lowest BCUT2D eigenvalue weighted by Crippen LogP contribution is -2.24. The van der Waals surface area contributed by atoms with E-state index in [1.54, 1.807) is 21.7 Å². The van der Waals surface area contributed by atoms with E-state index in [1.165, 1.54) is 12.1 Å². The Balaban J connectivity index is 1.41. The summed E-state index contributed by atoms with van der Waals surface area (Å²) in [5.74, 6) is -0.426. The summed E-state index contributed by atoms with van der Waals surface area (Å²) in [6.07, 6.45) is 4.06. The third-order valence-electron chi connectivity index (χ3n) is 6.04. The lowest BCUT2D eigenvalue weighted by Gasteiger charge is -2.19. The van der Waals surface area contributed by atoms with Crippen molar-refractivity contribution in [2.45, 2.75) is 39.0 Å². The Morgan fingerprint density at radius 3 is 2.58 bits per heavy atom. The van der Waals surface area contributed by atoms with E-state index >= 15 is 0 Å². The molecule has 0 unspecified atom stereocenters. The Kier molecular flexibility index (Phi) is 4.81. The van der Waals surface area contributed by atoms with Gasteiger partial charge >= 0.3 is 0 Å². The first-order chi connectivity index (χ1) is 15.0. The summed E-state index contributed by atoms with van der Waals surface area (Å²) in [5.41, 5.74) is 5.62. The number of amides is 2. The second kappa shape index (κ2) is 7.65. The van der Waals surface area contributed by atoms with Crippen molar-refractivity contribution in [1.82, 2.24) is 9.78 Å². The predicted molar refractivity (Wildman–Crippen MR) is 116 cm³/mol. The normalized spacial score (nSPS) is 15.4. The van der Waals surface area contributed by atoms with Crippen molar-refractivity contribution in [3.05, 3.63) is 70.8 Å². The maximum absolute atomic E-state index is 13.3. The highest BCUT2D eigenvalue weighted by atomic mass is 19.1. The summed E-state index contributed by atoms with van der Waals surface area (Å²) in [4.78, 5) is 26.9. The molecule has 0 spiro atoms. The van der Waals surface area contributed by atoms with E-state index < -0.39 is 0 Å². The first-order valence-electron chi connectivity index (χ1n) is 10.6. The molecule has 31 heavy (non-hydrogen) atoms. The first kappa shape index (κ1) is 19.5. The number of anilines is 2. The fourth-order valence-corrected chi connectivity index (χ4v) is 4.54. The summed E-state index contributed by atoms with van der Waals surface area (Å²) in [6, 6.07) is 11.7. The van der Waals surface area contributed by atoms with E-state index in [0.717, 1.165) is 60.4 Å². The second-order valence-electron chi connectivity index (χ2n) is 8.12. The van der Waals surface area contributed by atoms with Crippen LogP contribution < -0.4 is 10.2 Å². The molecule has 5 rings (SSSR count). The number of hydrogen-bond acceptors (Lipinski definition) is 3. The molecule has 2 aromatic carbocycles. The van der Waals surface area contributed by atoms with Gasteiger partial charge in [-0.05, 0) is 80.6 Å². The van der Waals surface area contributed by atoms with Crippen LogP contribution in [0.1, 0.15) is 46.6 Å². The van der Waals surface area contributed by atoms with Crippen molar-refractivity contribution in [3.8, 4) is 5.69 Å². The van der Waals surface area contributed by atoms with Gasteiger partial charge in [-0.1, -0.05) is 0 Å². The lowest BCUT2D eigenvalue weighted by atomic mass is 10.1. The second-order valence-corrected chi connectivity index (χ2v) is 8.12. The van der Waals surface area contributed by atoms with E-state index in [-0.39, 0.29) is 17.6 Å². The molecule has 1 aliphatic carbocycles. The molecular weight excluding hydrogens is 395 g/mol. The molecule has 3 aromatic rings. The van der Waals surface area contributed by atoms with Crippen LogP contribution in [0.25, 0.3) is 5.69 Å². The van der Waals surface area contributed by atoms with Crippen molar-refractivity contribution in [2.24, 2.45) is 0 Å². The SMILES string of the molecule is Cc1cc(NC(=O)c2nn(-c3ccc(F)cc3)c3c2CCC3)ccc1N1CCCC1=O. The Hall–Kier alpha value is -3.48. The van der Waals surface area contributed by atoms with Crippen molar-refractivity contribution < 1.29 is 14.0 Å². The summed E-state index contributed by atoms with van der Waals surface area (Å²) in [5, 5.41) is 7.52. The maximum Gasteiger partial charge on any atom is 0.276 e. The molecule has 0 radical (unpaired) electrons.